The van der Waals surface area contributed by atoms with Crippen molar-refractivity contribution in [1.82, 2.24) is 9.80 Å². The number of amides is 4. The number of likely N-dealkylation sites (tertiary alicyclic amines) is 2. The highest BCUT2D eigenvalue weighted by molar-refractivity contribution is 9.09. The van der Waals surface area contributed by atoms with E-state index in [4.69, 9.17) is 23.2 Å². The number of hydrogen-bond acceptors (Lipinski definition) is 5. The molecular formula is C28H23BrCl2N2O5. The first-order chi connectivity index (χ1) is 18.1. The number of phenols is 1. The van der Waals surface area contributed by atoms with Crippen LogP contribution in [0.4, 0.5) is 0 Å². The van der Waals surface area contributed by atoms with Crippen molar-refractivity contribution in [3.8, 4) is 5.75 Å². The summed E-state index contributed by atoms with van der Waals surface area (Å²) in [5.74, 6) is -4.96. The van der Waals surface area contributed by atoms with Gasteiger partial charge in [-0.3, -0.25) is 29.0 Å². The summed E-state index contributed by atoms with van der Waals surface area (Å²) >= 11 is 17.5. The van der Waals surface area contributed by atoms with Crippen LogP contribution in [0.3, 0.4) is 0 Å². The van der Waals surface area contributed by atoms with Crippen molar-refractivity contribution in [3.05, 3.63) is 77.4 Å². The Morgan fingerprint density at radius 1 is 0.895 bits per heavy atom. The molecule has 10 heteroatoms. The minimum Gasteiger partial charge on any atom is -0.508 e. The maximum Gasteiger partial charge on any atom is 0.254 e. The normalized spacial score (nSPS) is 34.2. The third kappa shape index (κ3) is 3.26. The van der Waals surface area contributed by atoms with Crippen molar-refractivity contribution in [3.63, 3.8) is 0 Å². The minimum atomic E-state index is -1.93. The van der Waals surface area contributed by atoms with Gasteiger partial charge in [0.1, 0.15) is 5.75 Å². The van der Waals surface area contributed by atoms with Gasteiger partial charge in [0.15, 0.2) is 9.75 Å². The van der Waals surface area contributed by atoms with E-state index in [0.29, 0.717) is 11.1 Å². The molecule has 0 bridgehead atoms. The minimum absolute atomic E-state index is 0.0819. The summed E-state index contributed by atoms with van der Waals surface area (Å²) in [4.78, 5) is 53.1. The number of alkyl halides is 3. The SMILES string of the molecule is O=C1C2CC=C3C(CC4(Cl)C(=O)N(CBr)C(=O)C4(Cl)C3c3ccccc3O)C2C(=O)N1Cc1ccccc1. The predicted octanol–water partition coefficient (Wildman–Crippen LogP) is 4.30. The van der Waals surface area contributed by atoms with Gasteiger partial charge in [-0.05, 0) is 30.4 Å². The van der Waals surface area contributed by atoms with Gasteiger partial charge in [0.25, 0.3) is 11.8 Å². The largest absolute Gasteiger partial charge is 0.508 e. The summed E-state index contributed by atoms with van der Waals surface area (Å²) < 4.78 is 0. The van der Waals surface area contributed by atoms with Crippen LogP contribution in [-0.2, 0) is 25.7 Å². The quantitative estimate of drug-likeness (QED) is 0.239. The molecule has 1 saturated carbocycles. The lowest BCUT2D eigenvalue weighted by molar-refractivity contribution is -0.141. The molecule has 196 valence electrons. The number of aromatic hydroxyl groups is 1. The Hall–Kier alpha value is -2.68. The molecule has 2 heterocycles. The second-order valence-electron chi connectivity index (χ2n) is 10.3. The summed E-state index contributed by atoms with van der Waals surface area (Å²) in [5.41, 5.74) is 1.73. The lowest BCUT2D eigenvalue weighted by Gasteiger charge is -2.50. The molecule has 1 N–H and O–H groups in total. The molecule has 6 unspecified atom stereocenters. The van der Waals surface area contributed by atoms with Gasteiger partial charge in [-0.1, -0.05) is 76.1 Å². The van der Waals surface area contributed by atoms with E-state index in [-0.39, 0.29) is 42.4 Å². The van der Waals surface area contributed by atoms with Crippen LogP contribution in [-0.4, -0.2) is 53.7 Å². The molecule has 2 saturated heterocycles. The van der Waals surface area contributed by atoms with E-state index >= 15 is 0 Å². The molecule has 4 aliphatic rings. The predicted molar refractivity (Wildman–Crippen MR) is 143 cm³/mol. The number of imide groups is 2. The summed E-state index contributed by atoms with van der Waals surface area (Å²) in [6, 6.07) is 15.8. The van der Waals surface area contributed by atoms with Crippen LogP contribution >= 0.6 is 39.1 Å². The van der Waals surface area contributed by atoms with Crippen LogP contribution in [0.25, 0.3) is 0 Å². The fourth-order valence-electron chi connectivity index (χ4n) is 6.82. The zero-order valence-corrected chi connectivity index (χ0v) is 23.1. The highest BCUT2D eigenvalue weighted by Gasteiger charge is 2.76. The molecule has 0 spiro atoms. The molecule has 4 amide bonds. The maximum atomic E-state index is 13.8. The zero-order valence-electron chi connectivity index (χ0n) is 20.0. The molecule has 3 fully saturated rings. The van der Waals surface area contributed by atoms with Gasteiger partial charge in [-0.2, -0.15) is 0 Å². The van der Waals surface area contributed by atoms with Gasteiger partial charge in [0.05, 0.1) is 23.8 Å². The first kappa shape index (κ1) is 25.6. The molecule has 0 radical (unpaired) electrons. The van der Waals surface area contributed by atoms with Gasteiger partial charge >= 0.3 is 0 Å². The van der Waals surface area contributed by atoms with E-state index in [0.717, 1.165) is 10.5 Å². The maximum absolute atomic E-state index is 13.8. The molecule has 38 heavy (non-hydrogen) atoms. The number of fused-ring (bicyclic) bond motifs is 4. The third-order valence-corrected chi connectivity index (χ3v) is 10.5. The van der Waals surface area contributed by atoms with Gasteiger partial charge in [0, 0.05) is 11.5 Å². The van der Waals surface area contributed by atoms with Gasteiger partial charge in [0.2, 0.25) is 11.8 Å². The summed E-state index contributed by atoms with van der Waals surface area (Å²) in [7, 11) is 0. The first-order valence-electron chi connectivity index (χ1n) is 12.3. The van der Waals surface area contributed by atoms with Crippen LogP contribution in [0.2, 0.25) is 0 Å². The van der Waals surface area contributed by atoms with E-state index in [1.165, 1.54) is 11.0 Å². The Morgan fingerprint density at radius 2 is 1.58 bits per heavy atom. The van der Waals surface area contributed by atoms with E-state index in [1.54, 1.807) is 18.2 Å². The molecule has 6 atom stereocenters. The molecule has 2 aromatic rings. The van der Waals surface area contributed by atoms with Crippen LogP contribution in [0, 0.1) is 17.8 Å². The highest BCUT2D eigenvalue weighted by Crippen LogP contribution is 2.66. The number of hydrogen-bond donors (Lipinski definition) is 1. The van der Waals surface area contributed by atoms with Gasteiger partial charge in [-0.15, -0.1) is 23.2 Å². The molecule has 2 aliphatic carbocycles. The van der Waals surface area contributed by atoms with Crippen LogP contribution in [0.1, 0.15) is 29.9 Å². The zero-order chi connectivity index (χ0) is 27.0. The Bertz CT molecular complexity index is 1420. The third-order valence-electron chi connectivity index (χ3n) is 8.54. The Labute approximate surface area is 237 Å². The number of halogens is 3. The molecule has 7 nitrogen and oxygen atoms in total. The lowest BCUT2D eigenvalue weighted by atomic mass is 9.56. The summed E-state index contributed by atoms with van der Waals surface area (Å²) in [6.07, 6.45) is 2.06. The second-order valence-corrected chi connectivity index (χ2v) is 12.0. The monoisotopic (exact) mass is 616 g/mol. The average molecular weight is 618 g/mol. The van der Waals surface area contributed by atoms with Crippen molar-refractivity contribution >= 4 is 62.8 Å². The lowest BCUT2D eigenvalue weighted by Crippen LogP contribution is -2.60. The van der Waals surface area contributed by atoms with E-state index in [1.807, 2.05) is 36.4 Å². The van der Waals surface area contributed by atoms with Crippen molar-refractivity contribution in [2.45, 2.75) is 35.1 Å². The molecule has 2 aromatic carbocycles. The molecule has 6 rings (SSSR count). The molecule has 2 aliphatic heterocycles. The molecular weight excluding hydrogens is 595 g/mol. The second kappa shape index (κ2) is 8.93. The number of carbonyl (C=O) groups excluding carboxylic acids is 4. The fourth-order valence-corrected chi connectivity index (χ4v) is 8.23. The van der Waals surface area contributed by atoms with Crippen molar-refractivity contribution in [2.75, 3.05) is 5.45 Å². The summed E-state index contributed by atoms with van der Waals surface area (Å²) in [5, 5.41) is 10.9. The fraction of sp³-hybridized carbons (Fsp3) is 0.357. The smallest absolute Gasteiger partial charge is 0.254 e. The van der Waals surface area contributed by atoms with Gasteiger partial charge < -0.3 is 5.11 Å². The first-order valence-corrected chi connectivity index (χ1v) is 14.2. The number of para-hydroxylation sites is 1. The van der Waals surface area contributed by atoms with Crippen molar-refractivity contribution < 1.29 is 24.3 Å². The highest BCUT2D eigenvalue weighted by atomic mass is 79.9. The molecule has 0 aromatic heterocycles. The Morgan fingerprint density at radius 3 is 2.26 bits per heavy atom. The van der Waals surface area contributed by atoms with E-state index in [9.17, 15) is 24.3 Å². The number of phenolic OH excluding ortho intramolecular Hbond substituents is 1. The Kier molecular flexibility index (Phi) is 6.01. The number of allylic oxidation sites excluding steroid dienone is 2. The topological polar surface area (TPSA) is 95.0 Å². The van der Waals surface area contributed by atoms with Gasteiger partial charge in [-0.25, -0.2) is 0 Å². The number of carbonyl (C=O) groups is 4. The van der Waals surface area contributed by atoms with Crippen LogP contribution < -0.4 is 0 Å². The van der Waals surface area contributed by atoms with Crippen molar-refractivity contribution in [1.29, 1.82) is 0 Å². The van der Waals surface area contributed by atoms with Crippen LogP contribution in [0.5, 0.6) is 5.75 Å². The average Bonchev–Trinajstić information content (AvgIpc) is 3.23. The number of rotatable bonds is 4. The van der Waals surface area contributed by atoms with E-state index in [2.05, 4.69) is 15.9 Å². The van der Waals surface area contributed by atoms with Crippen LogP contribution in [0.15, 0.2) is 66.2 Å². The standard InChI is InChI=1S/C28H23BrCl2N2O5/c29-14-33-25(37)27(30)12-19-16(22(28(27,31)26(33)38)17-8-4-5-9-20(17)34)10-11-18-21(19)24(36)32(23(18)35)13-15-6-2-1-3-7-15/h1-10,18-19,21-22,34H,11-14H2. The number of benzene rings is 2. The Balaban J connectivity index is 1.48. The summed E-state index contributed by atoms with van der Waals surface area (Å²) in [6.45, 7) is 0.150. The van der Waals surface area contributed by atoms with Crippen molar-refractivity contribution in [2.24, 2.45) is 17.8 Å². The number of nitrogens with zero attached hydrogens (tertiary/aromatic N) is 2. The van der Waals surface area contributed by atoms with E-state index < -0.39 is 45.2 Å².